The van der Waals surface area contributed by atoms with Crippen LogP contribution in [-0.4, -0.2) is 23.3 Å². The second kappa shape index (κ2) is 6.83. The molecule has 0 heterocycles. The maximum absolute atomic E-state index is 13.4. The molecule has 0 bridgehead atoms. The molecule has 1 N–H and O–H groups in total. The molecule has 184 valence electrons. The van der Waals surface area contributed by atoms with E-state index in [-0.39, 0.29) is 45.4 Å². The number of aliphatic hydroxyl groups is 1. The number of aliphatic hydroxyl groups excluding tert-OH is 1. The highest BCUT2D eigenvalue weighted by atomic mass is 16.3. The molecule has 0 unspecified atom stereocenters. The first-order valence-corrected chi connectivity index (χ1v) is 13.6. The van der Waals surface area contributed by atoms with Crippen molar-refractivity contribution in [3.05, 3.63) is 11.6 Å². The van der Waals surface area contributed by atoms with Crippen LogP contribution in [0.2, 0.25) is 0 Å². The summed E-state index contributed by atoms with van der Waals surface area (Å²) in [6.07, 6.45) is 11.3. The summed E-state index contributed by atoms with van der Waals surface area (Å²) < 4.78 is 0. The van der Waals surface area contributed by atoms with Crippen molar-refractivity contribution >= 4 is 11.6 Å². The Morgan fingerprint density at radius 3 is 2.27 bits per heavy atom. The van der Waals surface area contributed by atoms with Crippen LogP contribution in [0.25, 0.3) is 0 Å². The predicted octanol–water partition coefficient (Wildman–Crippen LogP) is 6.53. The third kappa shape index (κ3) is 2.78. The Hall–Kier alpha value is -0.960. The molecule has 0 aromatic rings. The smallest absolute Gasteiger partial charge is 0.141 e. The van der Waals surface area contributed by atoms with Crippen LogP contribution in [0.15, 0.2) is 11.6 Å². The van der Waals surface area contributed by atoms with Crippen molar-refractivity contribution in [2.24, 2.45) is 50.2 Å². The molecular weight excluding hydrogens is 408 g/mol. The normalized spacial score (nSPS) is 53.3. The van der Waals surface area contributed by atoms with E-state index in [1.165, 1.54) is 0 Å². The second-order valence-electron chi connectivity index (χ2n) is 14.7. The number of rotatable bonds is 1. The van der Waals surface area contributed by atoms with Crippen LogP contribution < -0.4 is 0 Å². The molecule has 0 amide bonds. The Labute approximate surface area is 201 Å². The Bertz CT molecular complexity index is 931. The molecule has 3 heteroatoms. The van der Waals surface area contributed by atoms with E-state index in [0.29, 0.717) is 24.0 Å². The predicted molar refractivity (Wildman–Crippen MR) is 132 cm³/mol. The van der Waals surface area contributed by atoms with Crippen LogP contribution in [0.5, 0.6) is 0 Å². The van der Waals surface area contributed by atoms with Gasteiger partial charge in [0.2, 0.25) is 0 Å². The van der Waals surface area contributed by atoms with Crippen molar-refractivity contribution in [2.45, 2.75) is 106 Å². The van der Waals surface area contributed by atoms with Crippen LogP contribution in [0.3, 0.4) is 0 Å². The molecule has 3 nitrogen and oxygen atoms in total. The van der Waals surface area contributed by atoms with Gasteiger partial charge in [0.15, 0.2) is 0 Å². The monoisotopic (exact) mass is 454 g/mol. The maximum atomic E-state index is 13.4. The van der Waals surface area contributed by atoms with Gasteiger partial charge in [-0.25, -0.2) is 0 Å². The Morgan fingerprint density at radius 2 is 1.61 bits per heavy atom. The van der Waals surface area contributed by atoms with Crippen molar-refractivity contribution < 1.29 is 14.7 Å². The number of carbonyl (C=O) groups excluding carboxylic acids is 2. The van der Waals surface area contributed by atoms with Gasteiger partial charge < -0.3 is 5.11 Å². The molecule has 33 heavy (non-hydrogen) atoms. The van der Waals surface area contributed by atoms with Gasteiger partial charge in [0.05, 0.1) is 12.0 Å². The number of ketones is 2. The molecule has 0 spiro atoms. The summed E-state index contributed by atoms with van der Waals surface area (Å²) in [6, 6.07) is 0. The highest BCUT2D eigenvalue weighted by Crippen LogP contribution is 2.75. The minimum Gasteiger partial charge on any atom is -0.395 e. The van der Waals surface area contributed by atoms with Gasteiger partial charge >= 0.3 is 0 Å². The molecule has 0 aromatic heterocycles. The third-order valence-electron chi connectivity index (χ3n) is 12.7. The number of Topliss-reactive ketones (excluding diaryl/α,β-unsaturated/α-hetero) is 2. The van der Waals surface area contributed by atoms with E-state index in [1.807, 2.05) is 6.92 Å². The SMILES string of the molecule is CC1(C)CC(=O)[C@]2(C)CC[C@]3(C)C(=CC[C@@H]4[C@@]5(C)CCC(=O)[C@](C)(CO)[C@H]5CC[C@]43C)[C@@H]2C1. The number of hydrogen-bond donors (Lipinski definition) is 1. The van der Waals surface area contributed by atoms with Crippen molar-refractivity contribution in [1.82, 2.24) is 0 Å². The summed E-state index contributed by atoms with van der Waals surface area (Å²) in [4.78, 5) is 26.4. The van der Waals surface area contributed by atoms with Crippen LogP contribution in [0.1, 0.15) is 106 Å². The molecule has 5 rings (SSSR count). The largest absolute Gasteiger partial charge is 0.395 e. The lowest BCUT2D eigenvalue weighted by atomic mass is 9.33. The molecule has 5 aliphatic rings. The third-order valence-corrected chi connectivity index (χ3v) is 12.7. The Kier molecular flexibility index (Phi) is 4.92. The topological polar surface area (TPSA) is 54.4 Å². The standard InChI is InChI=1S/C30H46O3/c1-25(2)16-20-19-8-9-22-27(4)12-11-23(32)28(5,18-31)21(27)10-13-30(22,7)29(19,6)15-14-26(20,3)24(33)17-25/h8,20-22,31H,9-18H2,1-7H3/t20-,21-,22+,26+,27-,28+,29+,30+/m0/s1. The van der Waals surface area contributed by atoms with Gasteiger partial charge in [-0.1, -0.05) is 60.1 Å². The second-order valence-corrected chi connectivity index (χ2v) is 14.7. The van der Waals surface area contributed by atoms with Crippen LogP contribution >= 0.6 is 0 Å². The fourth-order valence-corrected chi connectivity index (χ4v) is 10.3. The van der Waals surface area contributed by atoms with Crippen LogP contribution in [-0.2, 0) is 9.59 Å². The lowest BCUT2D eigenvalue weighted by Gasteiger charge is -2.70. The average Bonchev–Trinajstić information content (AvgIpc) is 2.73. The van der Waals surface area contributed by atoms with Crippen molar-refractivity contribution in [3.8, 4) is 0 Å². The number of carbonyl (C=O) groups is 2. The fraction of sp³-hybridized carbons (Fsp3) is 0.867. The minimum atomic E-state index is -0.593. The summed E-state index contributed by atoms with van der Waals surface area (Å²) in [7, 11) is 0. The first kappa shape index (κ1) is 23.8. The number of allylic oxidation sites excluding steroid dienone is 2. The molecule has 0 radical (unpaired) electrons. The molecule has 0 aromatic carbocycles. The molecule has 5 aliphatic carbocycles. The van der Waals surface area contributed by atoms with Gasteiger partial charge in [-0.15, -0.1) is 0 Å². The molecule has 4 saturated carbocycles. The van der Waals surface area contributed by atoms with E-state index >= 15 is 0 Å². The highest BCUT2D eigenvalue weighted by molar-refractivity contribution is 5.87. The molecule has 8 atom stereocenters. The van der Waals surface area contributed by atoms with Crippen molar-refractivity contribution in [2.75, 3.05) is 6.61 Å². The van der Waals surface area contributed by atoms with Crippen LogP contribution in [0.4, 0.5) is 0 Å². The van der Waals surface area contributed by atoms with Gasteiger partial charge in [-0.2, -0.15) is 0 Å². The van der Waals surface area contributed by atoms with Gasteiger partial charge in [-0.05, 0) is 84.4 Å². The van der Waals surface area contributed by atoms with E-state index in [9.17, 15) is 14.7 Å². The lowest BCUT2D eigenvalue weighted by molar-refractivity contribution is -0.191. The summed E-state index contributed by atoms with van der Waals surface area (Å²) in [6.45, 7) is 16.4. The Morgan fingerprint density at radius 1 is 0.909 bits per heavy atom. The van der Waals surface area contributed by atoms with E-state index in [2.05, 4.69) is 47.6 Å². The van der Waals surface area contributed by atoms with E-state index in [0.717, 1.165) is 51.4 Å². The first-order chi connectivity index (χ1) is 15.2. The molecule has 4 fully saturated rings. The van der Waals surface area contributed by atoms with Gasteiger partial charge in [0.1, 0.15) is 11.6 Å². The summed E-state index contributed by atoms with van der Waals surface area (Å²) >= 11 is 0. The first-order valence-electron chi connectivity index (χ1n) is 13.6. The fourth-order valence-electron chi connectivity index (χ4n) is 10.3. The van der Waals surface area contributed by atoms with Gasteiger partial charge in [0, 0.05) is 18.3 Å². The van der Waals surface area contributed by atoms with E-state index < -0.39 is 5.41 Å². The van der Waals surface area contributed by atoms with E-state index in [1.54, 1.807) is 5.57 Å². The van der Waals surface area contributed by atoms with Crippen molar-refractivity contribution in [1.29, 1.82) is 0 Å². The molecule has 0 saturated heterocycles. The zero-order chi connectivity index (χ0) is 24.2. The number of hydrogen-bond acceptors (Lipinski definition) is 3. The average molecular weight is 455 g/mol. The maximum Gasteiger partial charge on any atom is 0.141 e. The zero-order valence-corrected chi connectivity index (χ0v) is 22.1. The summed E-state index contributed by atoms with van der Waals surface area (Å²) in [5.41, 5.74) is 1.24. The van der Waals surface area contributed by atoms with Crippen molar-refractivity contribution in [3.63, 3.8) is 0 Å². The number of fused-ring (bicyclic) bond motifs is 7. The Balaban J connectivity index is 1.60. The van der Waals surface area contributed by atoms with E-state index in [4.69, 9.17) is 0 Å². The van der Waals surface area contributed by atoms with Gasteiger partial charge in [0.25, 0.3) is 0 Å². The quantitative estimate of drug-likeness (QED) is 0.458. The summed E-state index contributed by atoms with van der Waals surface area (Å²) in [5.74, 6) is 1.90. The van der Waals surface area contributed by atoms with Gasteiger partial charge in [-0.3, -0.25) is 9.59 Å². The minimum absolute atomic E-state index is 0.0223. The lowest BCUT2D eigenvalue weighted by Crippen LogP contribution is -2.65. The van der Waals surface area contributed by atoms with Crippen LogP contribution in [0, 0.1) is 50.2 Å². The molecule has 0 aliphatic heterocycles. The summed E-state index contributed by atoms with van der Waals surface area (Å²) in [5, 5.41) is 10.3. The molecular formula is C30H46O3. The zero-order valence-electron chi connectivity index (χ0n) is 22.1. The highest BCUT2D eigenvalue weighted by Gasteiger charge is 2.69.